The molecule has 0 unspecified atom stereocenters. The highest BCUT2D eigenvalue weighted by molar-refractivity contribution is 6.08. The van der Waals surface area contributed by atoms with Crippen molar-refractivity contribution < 1.29 is 9.45 Å². The van der Waals surface area contributed by atoms with E-state index in [0.717, 1.165) is 0 Å². The molecule has 0 spiro atoms. The number of hydrogen-bond acceptors (Lipinski definition) is 8. The van der Waals surface area contributed by atoms with Crippen LogP contribution in [0.25, 0.3) is 10.9 Å². The van der Waals surface area contributed by atoms with E-state index >= 15 is 0 Å². The number of anilines is 3. The van der Waals surface area contributed by atoms with Crippen molar-refractivity contribution in [2.24, 2.45) is 0 Å². The standard InChI is InChI=1S/C8H6N6O3/c9-1-2-4(10)3-6(13-17-8(3)12)7(5(2)11)14(15)16/h10-12H2. The molecule has 1 heterocycles. The van der Waals surface area contributed by atoms with Crippen LogP contribution in [-0.4, -0.2) is 10.1 Å². The third-order valence-corrected chi connectivity index (χ3v) is 2.30. The molecular formula is C8H6N6O3. The molecule has 0 atom stereocenters. The van der Waals surface area contributed by atoms with E-state index in [1.807, 2.05) is 0 Å². The van der Waals surface area contributed by atoms with E-state index in [1.54, 1.807) is 6.07 Å². The minimum atomic E-state index is -0.764. The molecule has 86 valence electrons. The number of nitriles is 1. The number of fused-ring (bicyclic) bond motifs is 1. The van der Waals surface area contributed by atoms with Crippen molar-refractivity contribution in [2.75, 3.05) is 17.2 Å². The molecule has 9 heteroatoms. The zero-order valence-electron chi connectivity index (χ0n) is 8.30. The Morgan fingerprint density at radius 3 is 2.53 bits per heavy atom. The molecule has 0 aliphatic carbocycles. The number of nitrogen functional groups attached to an aromatic ring is 3. The molecule has 2 aromatic rings. The predicted molar refractivity (Wildman–Crippen MR) is 58.6 cm³/mol. The number of hydrogen-bond donors (Lipinski definition) is 3. The van der Waals surface area contributed by atoms with Gasteiger partial charge in [-0.15, -0.1) is 0 Å². The second-order valence-electron chi connectivity index (χ2n) is 3.19. The minimum Gasteiger partial charge on any atom is -0.397 e. The van der Waals surface area contributed by atoms with Crippen LogP contribution in [0.15, 0.2) is 4.52 Å². The van der Waals surface area contributed by atoms with Crippen LogP contribution in [0.3, 0.4) is 0 Å². The van der Waals surface area contributed by atoms with E-state index in [-0.39, 0.29) is 33.7 Å². The fourth-order valence-electron chi connectivity index (χ4n) is 1.55. The summed E-state index contributed by atoms with van der Waals surface area (Å²) in [5.74, 6) is -0.197. The maximum Gasteiger partial charge on any atom is 0.323 e. The molecule has 1 aromatic carbocycles. The maximum atomic E-state index is 10.9. The third kappa shape index (κ3) is 1.21. The lowest BCUT2D eigenvalue weighted by atomic mass is 10.1. The third-order valence-electron chi connectivity index (χ3n) is 2.30. The highest BCUT2D eigenvalue weighted by Gasteiger charge is 2.28. The lowest BCUT2D eigenvalue weighted by molar-refractivity contribution is -0.382. The van der Waals surface area contributed by atoms with Gasteiger partial charge in [-0.2, -0.15) is 5.26 Å². The number of nitrogens with two attached hydrogens (primary N) is 3. The topological polar surface area (TPSA) is 171 Å². The van der Waals surface area contributed by atoms with Crippen LogP contribution in [-0.2, 0) is 0 Å². The molecule has 0 radical (unpaired) electrons. The lowest BCUT2D eigenvalue weighted by Gasteiger charge is -2.03. The second-order valence-corrected chi connectivity index (χ2v) is 3.19. The molecule has 0 fully saturated rings. The summed E-state index contributed by atoms with van der Waals surface area (Å²) in [6.45, 7) is 0. The van der Waals surface area contributed by atoms with Gasteiger partial charge in [0.2, 0.25) is 5.88 Å². The van der Waals surface area contributed by atoms with E-state index in [0.29, 0.717) is 0 Å². The van der Waals surface area contributed by atoms with Crippen LogP contribution < -0.4 is 17.2 Å². The lowest BCUT2D eigenvalue weighted by Crippen LogP contribution is -2.04. The van der Waals surface area contributed by atoms with Crippen molar-refractivity contribution >= 4 is 33.8 Å². The van der Waals surface area contributed by atoms with Crippen LogP contribution in [0.4, 0.5) is 22.9 Å². The number of benzene rings is 1. The van der Waals surface area contributed by atoms with Crippen LogP contribution in [0.1, 0.15) is 5.56 Å². The van der Waals surface area contributed by atoms with Gasteiger partial charge in [0.05, 0.1) is 16.0 Å². The van der Waals surface area contributed by atoms with E-state index in [2.05, 4.69) is 9.68 Å². The predicted octanol–water partition coefficient (Wildman–Crippen LogP) is 0.354. The Hall–Kier alpha value is -3.02. The van der Waals surface area contributed by atoms with Gasteiger partial charge in [0.15, 0.2) is 5.52 Å². The summed E-state index contributed by atoms with van der Waals surface area (Å²) in [5, 5.41) is 23.2. The summed E-state index contributed by atoms with van der Waals surface area (Å²) in [6, 6.07) is 1.69. The van der Waals surface area contributed by atoms with Gasteiger partial charge >= 0.3 is 5.69 Å². The van der Waals surface area contributed by atoms with Gasteiger partial charge in [-0.1, -0.05) is 5.16 Å². The molecule has 2 rings (SSSR count). The van der Waals surface area contributed by atoms with Crippen molar-refractivity contribution in [2.45, 2.75) is 0 Å². The first kappa shape index (κ1) is 10.5. The molecule has 1 aromatic heterocycles. The zero-order valence-corrected chi connectivity index (χ0v) is 8.30. The first-order chi connectivity index (χ1) is 7.99. The van der Waals surface area contributed by atoms with E-state index in [1.165, 1.54) is 0 Å². The normalized spacial score (nSPS) is 10.3. The highest BCUT2D eigenvalue weighted by Crippen LogP contribution is 2.41. The zero-order chi connectivity index (χ0) is 12.7. The van der Waals surface area contributed by atoms with E-state index in [9.17, 15) is 10.1 Å². The summed E-state index contributed by atoms with van der Waals surface area (Å²) < 4.78 is 4.62. The number of nitro groups is 1. The summed E-state index contributed by atoms with van der Waals surface area (Å²) in [4.78, 5) is 10.1. The van der Waals surface area contributed by atoms with Crippen molar-refractivity contribution in [3.05, 3.63) is 15.7 Å². The Labute approximate surface area is 93.5 Å². The maximum absolute atomic E-state index is 10.9. The smallest absolute Gasteiger partial charge is 0.323 e. The van der Waals surface area contributed by atoms with Crippen molar-refractivity contribution in [1.82, 2.24) is 5.16 Å². The van der Waals surface area contributed by atoms with Crippen molar-refractivity contribution in [1.29, 1.82) is 5.26 Å². The summed E-state index contributed by atoms with van der Waals surface area (Å²) >= 11 is 0. The molecule has 0 aliphatic heterocycles. The first-order valence-corrected chi connectivity index (χ1v) is 4.29. The highest BCUT2D eigenvalue weighted by atomic mass is 16.6. The summed E-state index contributed by atoms with van der Waals surface area (Å²) in [7, 11) is 0. The molecule has 0 saturated heterocycles. The fraction of sp³-hybridized carbons (Fsp3) is 0. The Bertz CT molecular complexity index is 683. The summed E-state index contributed by atoms with van der Waals surface area (Å²) in [6.07, 6.45) is 0. The van der Waals surface area contributed by atoms with Gasteiger partial charge in [0.25, 0.3) is 0 Å². The number of nitrogens with zero attached hydrogens (tertiary/aromatic N) is 3. The molecular weight excluding hydrogens is 228 g/mol. The number of nitro benzene ring substituents is 1. The van der Waals surface area contributed by atoms with Crippen LogP contribution in [0, 0.1) is 21.4 Å². The first-order valence-electron chi connectivity index (χ1n) is 4.29. The van der Waals surface area contributed by atoms with Crippen molar-refractivity contribution in [3.8, 4) is 6.07 Å². The van der Waals surface area contributed by atoms with Gasteiger partial charge < -0.3 is 21.7 Å². The minimum absolute atomic E-state index is 0.0300. The molecule has 0 aliphatic rings. The molecule has 17 heavy (non-hydrogen) atoms. The largest absolute Gasteiger partial charge is 0.397 e. The number of aromatic nitrogens is 1. The Balaban J connectivity index is 3.10. The van der Waals surface area contributed by atoms with E-state index in [4.69, 9.17) is 22.5 Å². The van der Waals surface area contributed by atoms with Gasteiger partial charge in [-0.25, -0.2) is 0 Å². The Morgan fingerprint density at radius 2 is 2.00 bits per heavy atom. The average molecular weight is 234 g/mol. The Morgan fingerprint density at radius 1 is 1.35 bits per heavy atom. The van der Waals surface area contributed by atoms with Crippen LogP contribution >= 0.6 is 0 Å². The van der Waals surface area contributed by atoms with Gasteiger partial charge in [0.1, 0.15) is 17.3 Å². The van der Waals surface area contributed by atoms with E-state index < -0.39 is 10.6 Å². The van der Waals surface area contributed by atoms with Gasteiger partial charge in [-0.3, -0.25) is 10.1 Å². The molecule has 0 saturated carbocycles. The SMILES string of the molecule is N#Cc1c(N)c([N+](=O)[O-])c2noc(N)c2c1N. The molecule has 6 N–H and O–H groups in total. The number of rotatable bonds is 1. The molecule has 0 amide bonds. The molecule has 0 bridgehead atoms. The van der Waals surface area contributed by atoms with Crippen molar-refractivity contribution in [3.63, 3.8) is 0 Å². The van der Waals surface area contributed by atoms with Gasteiger partial charge in [0, 0.05) is 0 Å². The quantitative estimate of drug-likeness (QED) is 0.360. The average Bonchev–Trinajstić information content (AvgIpc) is 2.61. The monoisotopic (exact) mass is 234 g/mol. The second kappa shape index (κ2) is 3.24. The van der Waals surface area contributed by atoms with Crippen LogP contribution in [0.5, 0.6) is 0 Å². The fourth-order valence-corrected chi connectivity index (χ4v) is 1.55. The van der Waals surface area contributed by atoms with Gasteiger partial charge in [-0.05, 0) is 0 Å². The Kier molecular flexibility index (Phi) is 2.00. The van der Waals surface area contributed by atoms with Crippen LogP contribution in [0.2, 0.25) is 0 Å². The molecule has 9 nitrogen and oxygen atoms in total. The summed E-state index contributed by atoms with van der Waals surface area (Å²) in [5.41, 5.74) is 15.2.